The van der Waals surface area contributed by atoms with Crippen LogP contribution in [-0.2, 0) is 0 Å². The predicted octanol–water partition coefficient (Wildman–Crippen LogP) is 3.97. The summed E-state index contributed by atoms with van der Waals surface area (Å²) in [6, 6.07) is 6.17. The Hall–Kier alpha value is -0.100. The lowest BCUT2D eigenvalue weighted by atomic mass is 10.1. The van der Waals surface area contributed by atoms with Crippen molar-refractivity contribution in [2.24, 2.45) is 5.92 Å². The lowest BCUT2D eigenvalue weighted by Gasteiger charge is -2.17. The molecule has 0 aliphatic heterocycles. The molecule has 0 saturated heterocycles. The Balaban J connectivity index is 2.11. The molecule has 1 saturated carbocycles. The summed E-state index contributed by atoms with van der Waals surface area (Å²) in [7, 11) is 0. The van der Waals surface area contributed by atoms with Crippen molar-refractivity contribution in [3.63, 3.8) is 0 Å². The molecule has 0 aromatic heterocycles. The van der Waals surface area contributed by atoms with Crippen molar-refractivity contribution < 1.29 is 4.79 Å². The Morgan fingerprint density at radius 1 is 1.47 bits per heavy atom. The molecule has 1 aromatic carbocycles. The number of benzene rings is 1. The van der Waals surface area contributed by atoms with Gasteiger partial charge < -0.3 is 5.32 Å². The van der Waals surface area contributed by atoms with E-state index in [2.05, 4.69) is 50.8 Å². The van der Waals surface area contributed by atoms with E-state index in [0.717, 1.165) is 20.0 Å². The predicted molar refractivity (Wildman–Crippen MR) is 81.1 cm³/mol. The molecule has 2 atom stereocenters. The number of rotatable bonds is 2. The van der Waals surface area contributed by atoms with Crippen molar-refractivity contribution in [2.75, 3.05) is 0 Å². The lowest BCUT2D eigenvalue weighted by molar-refractivity contribution is 0.0929. The molecule has 1 aliphatic rings. The van der Waals surface area contributed by atoms with Gasteiger partial charge in [0.1, 0.15) is 0 Å². The molecule has 1 fully saturated rings. The second kappa shape index (κ2) is 5.69. The van der Waals surface area contributed by atoms with E-state index in [9.17, 15) is 4.79 Å². The Morgan fingerprint density at radius 2 is 2.24 bits per heavy atom. The number of amides is 1. The summed E-state index contributed by atoms with van der Waals surface area (Å²) in [6.07, 6.45) is 3.55. The molecule has 17 heavy (non-hydrogen) atoms. The summed E-state index contributed by atoms with van der Waals surface area (Å²) in [5, 5.41) is 3.14. The summed E-state index contributed by atoms with van der Waals surface area (Å²) >= 11 is 5.65. The minimum absolute atomic E-state index is 0.0362. The largest absolute Gasteiger partial charge is 0.349 e. The van der Waals surface area contributed by atoms with E-state index in [-0.39, 0.29) is 5.91 Å². The van der Waals surface area contributed by atoms with E-state index in [1.54, 1.807) is 0 Å². The van der Waals surface area contributed by atoms with E-state index in [4.69, 9.17) is 0 Å². The summed E-state index contributed by atoms with van der Waals surface area (Å²) in [5.41, 5.74) is 0.732. The molecule has 0 spiro atoms. The van der Waals surface area contributed by atoms with E-state index in [0.29, 0.717) is 12.0 Å². The van der Waals surface area contributed by atoms with Crippen molar-refractivity contribution in [3.05, 3.63) is 31.8 Å². The van der Waals surface area contributed by atoms with Crippen LogP contribution in [-0.4, -0.2) is 11.9 Å². The van der Waals surface area contributed by atoms with Gasteiger partial charge in [-0.05, 0) is 75.5 Å². The molecule has 1 amide bonds. The molecule has 0 radical (unpaired) electrons. The standard InChI is InChI=1S/C13H15BrINO/c1-8-3-2-4-12(8)16-13(17)10-7-9(15)5-6-11(10)14/h5-8,12H,2-4H2,1H3,(H,16,17). The van der Waals surface area contributed by atoms with Crippen LogP contribution in [0.2, 0.25) is 0 Å². The van der Waals surface area contributed by atoms with Gasteiger partial charge in [0, 0.05) is 14.1 Å². The maximum atomic E-state index is 12.2. The molecule has 2 unspecified atom stereocenters. The molecule has 1 aromatic rings. The van der Waals surface area contributed by atoms with Crippen LogP contribution in [0.25, 0.3) is 0 Å². The van der Waals surface area contributed by atoms with Crippen LogP contribution in [0.5, 0.6) is 0 Å². The average Bonchev–Trinajstić information content (AvgIpc) is 2.68. The van der Waals surface area contributed by atoms with Gasteiger partial charge in [-0.15, -0.1) is 0 Å². The molecule has 1 N–H and O–H groups in total. The number of nitrogens with one attached hydrogen (secondary N) is 1. The van der Waals surface area contributed by atoms with Crippen LogP contribution < -0.4 is 5.32 Å². The molecule has 92 valence electrons. The molecule has 4 heteroatoms. The van der Waals surface area contributed by atoms with Crippen LogP contribution in [0.15, 0.2) is 22.7 Å². The summed E-state index contributed by atoms with van der Waals surface area (Å²) in [5.74, 6) is 0.634. The van der Waals surface area contributed by atoms with E-state index in [1.165, 1.54) is 12.8 Å². The highest BCUT2D eigenvalue weighted by Gasteiger charge is 2.25. The minimum atomic E-state index is 0.0362. The first kappa shape index (κ1) is 13.3. The van der Waals surface area contributed by atoms with Crippen LogP contribution in [0.1, 0.15) is 36.5 Å². The highest BCUT2D eigenvalue weighted by atomic mass is 127. The molecule has 1 aliphatic carbocycles. The number of halogens is 2. The van der Waals surface area contributed by atoms with Crippen LogP contribution in [0, 0.1) is 9.49 Å². The molecule has 2 nitrogen and oxygen atoms in total. The van der Waals surface area contributed by atoms with E-state index < -0.39 is 0 Å². The molecule has 0 bridgehead atoms. The number of carbonyl (C=O) groups excluding carboxylic acids is 1. The third-order valence-electron chi connectivity index (χ3n) is 3.35. The highest BCUT2D eigenvalue weighted by Crippen LogP contribution is 2.26. The van der Waals surface area contributed by atoms with Gasteiger partial charge >= 0.3 is 0 Å². The first-order chi connectivity index (χ1) is 8.08. The van der Waals surface area contributed by atoms with Gasteiger partial charge in [0.15, 0.2) is 0 Å². The maximum absolute atomic E-state index is 12.2. The Morgan fingerprint density at radius 3 is 2.88 bits per heavy atom. The van der Waals surface area contributed by atoms with Gasteiger partial charge in [0.05, 0.1) is 5.56 Å². The smallest absolute Gasteiger partial charge is 0.252 e. The van der Waals surface area contributed by atoms with Gasteiger partial charge in [-0.2, -0.15) is 0 Å². The van der Waals surface area contributed by atoms with Crippen molar-refractivity contribution >= 4 is 44.4 Å². The quantitative estimate of drug-likeness (QED) is 0.738. The van der Waals surface area contributed by atoms with Gasteiger partial charge in [-0.25, -0.2) is 0 Å². The van der Waals surface area contributed by atoms with Gasteiger partial charge in [-0.3, -0.25) is 4.79 Å². The van der Waals surface area contributed by atoms with Crippen molar-refractivity contribution in [2.45, 2.75) is 32.2 Å². The SMILES string of the molecule is CC1CCCC1NC(=O)c1cc(I)ccc1Br. The number of hydrogen-bond acceptors (Lipinski definition) is 1. The first-order valence-electron chi connectivity index (χ1n) is 5.84. The first-order valence-corrected chi connectivity index (χ1v) is 7.71. The monoisotopic (exact) mass is 407 g/mol. The Labute approximate surface area is 124 Å². The van der Waals surface area contributed by atoms with Gasteiger partial charge in [0.25, 0.3) is 5.91 Å². The zero-order chi connectivity index (χ0) is 12.4. The third kappa shape index (κ3) is 3.22. The second-order valence-corrected chi connectivity index (χ2v) is 6.71. The Bertz CT molecular complexity index is 435. The third-order valence-corrected chi connectivity index (χ3v) is 4.71. The number of carbonyl (C=O) groups is 1. The second-order valence-electron chi connectivity index (χ2n) is 4.61. The van der Waals surface area contributed by atoms with Crippen molar-refractivity contribution in [1.82, 2.24) is 5.32 Å². The zero-order valence-corrected chi connectivity index (χ0v) is 13.4. The fourth-order valence-electron chi connectivity index (χ4n) is 2.28. The molecular formula is C13H15BrINO. The molecule has 0 heterocycles. The minimum Gasteiger partial charge on any atom is -0.349 e. The zero-order valence-electron chi connectivity index (χ0n) is 9.67. The van der Waals surface area contributed by atoms with Gasteiger partial charge in [0.2, 0.25) is 0 Å². The summed E-state index contributed by atoms with van der Waals surface area (Å²) in [4.78, 5) is 12.2. The maximum Gasteiger partial charge on any atom is 0.252 e. The highest BCUT2D eigenvalue weighted by molar-refractivity contribution is 14.1. The van der Waals surface area contributed by atoms with Crippen molar-refractivity contribution in [1.29, 1.82) is 0 Å². The molecule has 2 rings (SSSR count). The normalized spacial score (nSPS) is 23.7. The van der Waals surface area contributed by atoms with Crippen LogP contribution in [0.3, 0.4) is 0 Å². The average molecular weight is 408 g/mol. The van der Waals surface area contributed by atoms with E-state index in [1.807, 2.05) is 18.2 Å². The number of hydrogen-bond donors (Lipinski definition) is 1. The van der Waals surface area contributed by atoms with Crippen molar-refractivity contribution in [3.8, 4) is 0 Å². The topological polar surface area (TPSA) is 29.1 Å². The fraction of sp³-hybridized carbons (Fsp3) is 0.462. The molecular weight excluding hydrogens is 393 g/mol. The Kier molecular flexibility index (Phi) is 4.47. The summed E-state index contributed by atoms with van der Waals surface area (Å²) in [6.45, 7) is 2.21. The van der Waals surface area contributed by atoms with Gasteiger partial charge in [-0.1, -0.05) is 13.3 Å². The fourth-order valence-corrected chi connectivity index (χ4v) is 3.20. The van der Waals surface area contributed by atoms with Crippen LogP contribution in [0.4, 0.5) is 0 Å². The lowest BCUT2D eigenvalue weighted by Crippen LogP contribution is -2.36. The summed E-state index contributed by atoms with van der Waals surface area (Å²) < 4.78 is 1.94. The van der Waals surface area contributed by atoms with Crippen LogP contribution >= 0.6 is 38.5 Å². The van der Waals surface area contributed by atoms with E-state index >= 15 is 0 Å².